The number of carbonyl (C=O) groups is 1. The second kappa shape index (κ2) is 6.05. The average molecular weight is 336 g/mol. The van der Waals surface area contributed by atoms with Gasteiger partial charge < -0.3 is 14.5 Å². The van der Waals surface area contributed by atoms with E-state index < -0.39 is 30.9 Å². The fourth-order valence-corrected chi connectivity index (χ4v) is 2.93. The maximum atomic E-state index is 12.0. The SMILES string of the molecule is COC(=O)c1sc2nc(COCC(F)(F)F)[nH]c(=O)c2c1C. The van der Waals surface area contributed by atoms with Crippen LogP contribution in [0.5, 0.6) is 0 Å². The predicted molar refractivity (Wildman–Crippen MR) is 72.0 cm³/mol. The molecule has 2 aromatic heterocycles. The van der Waals surface area contributed by atoms with Gasteiger partial charge in [-0.15, -0.1) is 11.3 Å². The van der Waals surface area contributed by atoms with Crippen LogP contribution in [0.4, 0.5) is 13.2 Å². The first-order valence-electron chi connectivity index (χ1n) is 5.98. The molecule has 0 spiro atoms. The second-order valence-corrected chi connectivity index (χ2v) is 5.35. The number of carbonyl (C=O) groups excluding carboxylic acids is 1. The lowest BCUT2D eigenvalue weighted by atomic mass is 10.2. The zero-order chi connectivity index (χ0) is 16.5. The van der Waals surface area contributed by atoms with E-state index in [1.807, 2.05) is 0 Å². The van der Waals surface area contributed by atoms with E-state index >= 15 is 0 Å². The third-order valence-electron chi connectivity index (χ3n) is 2.72. The van der Waals surface area contributed by atoms with Crippen LogP contribution >= 0.6 is 11.3 Å². The highest BCUT2D eigenvalue weighted by Crippen LogP contribution is 2.27. The number of rotatable bonds is 4. The number of ether oxygens (including phenoxy) is 2. The molecule has 0 aromatic carbocycles. The summed E-state index contributed by atoms with van der Waals surface area (Å²) in [5.74, 6) is -0.644. The average Bonchev–Trinajstić information content (AvgIpc) is 2.74. The maximum Gasteiger partial charge on any atom is 0.411 e. The summed E-state index contributed by atoms with van der Waals surface area (Å²) in [5.41, 5.74) is -0.122. The van der Waals surface area contributed by atoms with Gasteiger partial charge in [-0.2, -0.15) is 13.2 Å². The monoisotopic (exact) mass is 336 g/mol. The Morgan fingerprint density at radius 3 is 2.68 bits per heavy atom. The quantitative estimate of drug-likeness (QED) is 0.866. The highest BCUT2D eigenvalue weighted by atomic mass is 32.1. The van der Waals surface area contributed by atoms with E-state index in [0.29, 0.717) is 5.56 Å². The van der Waals surface area contributed by atoms with Gasteiger partial charge in [-0.3, -0.25) is 4.79 Å². The molecular formula is C12H11F3N2O4S. The van der Waals surface area contributed by atoms with Crippen LogP contribution in [0, 0.1) is 6.92 Å². The third kappa shape index (κ3) is 3.45. The smallest absolute Gasteiger partial charge is 0.411 e. The van der Waals surface area contributed by atoms with E-state index in [2.05, 4.69) is 19.4 Å². The molecule has 2 rings (SSSR count). The normalized spacial score (nSPS) is 11.9. The lowest BCUT2D eigenvalue weighted by molar-refractivity contribution is -0.177. The summed E-state index contributed by atoms with van der Waals surface area (Å²) in [5, 5.41) is 0.213. The van der Waals surface area contributed by atoms with Crippen LogP contribution in [0.15, 0.2) is 4.79 Å². The molecule has 0 radical (unpaired) electrons. The van der Waals surface area contributed by atoms with Crippen molar-refractivity contribution in [3.05, 3.63) is 26.6 Å². The van der Waals surface area contributed by atoms with Crippen molar-refractivity contribution in [2.24, 2.45) is 0 Å². The van der Waals surface area contributed by atoms with E-state index in [0.717, 1.165) is 11.3 Å². The Bertz CT molecular complexity index is 766. The van der Waals surface area contributed by atoms with Gasteiger partial charge in [0.15, 0.2) is 0 Å². The summed E-state index contributed by atoms with van der Waals surface area (Å²) in [6.07, 6.45) is -4.46. The second-order valence-electron chi connectivity index (χ2n) is 4.35. The number of hydrogen-bond donors (Lipinski definition) is 1. The predicted octanol–water partition coefficient (Wildman–Crippen LogP) is 2.16. The molecule has 0 aliphatic rings. The number of aromatic amines is 1. The van der Waals surface area contributed by atoms with Crippen LogP contribution < -0.4 is 5.56 Å². The molecule has 0 bridgehead atoms. The topological polar surface area (TPSA) is 81.3 Å². The van der Waals surface area contributed by atoms with Gasteiger partial charge in [0.05, 0.1) is 12.5 Å². The molecule has 0 aliphatic carbocycles. The molecule has 0 unspecified atom stereocenters. The molecule has 22 heavy (non-hydrogen) atoms. The van der Waals surface area contributed by atoms with E-state index in [9.17, 15) is 22.8 Å². The molecule has 0 fully saturated rings. The third-order valence-corrected chi connectivity index (χ3v) is 3.89. The van der Waals surface area contributed by atoms with Crippen LogP contribution in [0.25, 0.3) is 10.2 Å². The van der Waals surface area contributed by atoms with Crippen molar-refractivity contribution in [3.8, 4) is 0 Å². The maximum absolute atomic E-state index is 12.0. The van der Waals surface area contributed by atoms with Crippen LogP contribution in [-0.2, 0) is 16.1 Å². The zero-order valence-electron chi connectivity index (χ0n) is 11.5. The van der Waals surface area contributed by atoms with Crippen LogP contribution in [0.2, 0.25) is 0 Å². The lowest BCUT2D eigenvalue weighted by Crippen LogP contribution is -2.18. The molecule has 10 heteroatoms. The number of aromatic nitrogens is 2. The van der Waals surface area contributed by atoms with Gasteiger partial charge >= 0.3 is 12.1 Å². The van der Waals surface area contributed by atoms with E-state index in [1.165, 1.54) is 7.11 Å². The van der Waals surface area contributed by atoms with Crippen molar-refractivity contribution < 1.29 is 27.4 Å². The van der Waals surface area contributed by atoms with Crippen LogP contribution in [0.3, 0.4) is 0 Å². The first-order chi connectivity index (χ1) is 10.2. The minimum atomic E-state index is -4.46. The zero-order valence-corrected chi connectivity index (χ0v) is 12.4. The number of halogens is 3. The van der Waals surface area contributed by atoms with Crippen LogP contribution in [-0.4, -0.2) is 35.8 Å². The first kappa shape index (κ1) is 16.4. The fourth-order valence-electron chi connectivity index (χ4n) is 1.81. The molecule has 0 atom stereocenters. The summed E-state index contributed by atoms with van der Waals surface area (Å²) in [6, 6.07) is 0. The molecule has 6 nitrogen and oxygen atoms in total. The highest BCUT2D eigenvalue weighted by molar-refractivity contribution is 7.20. The van der Waals surface area contributed by atoms with Gasteiger partial charge in [-0.05, 0) is 12.5 Å². The standard InChI is InChI=1S/C12H11F3N2O4S/c1-5-7-9(18)16-6(3-21-4-12(13,14)15)17-10(7)22-8(5)11(19)20-2/h3-4H2,1-2H3,(H,16,17,18). The molecule has 0 amide bonds. The molecule has 0 saturated carbocycles. The number of thiophene rings is 1. The Balaban J connectivity index is 2.33. The Morgan fingerprint density at radius 1 is 1.41 bits per heavy atom. The van der Waals surface area contributed by atoms with Gasteiger partial charge in [-0.25, -0.2) is 9.78 Å². The molecule has 120 valence electrons. The van der Waals surface area contributed by atoms with Crippen molar-refractivity contribution in [2.45, 2.75) is 19.7 Å². The summed E-state index contributed by atoms with van der Waals surface area (Å²) >= 11 is 0.940. The van der Waals surface area contributed by atoms with Gasteiger partial charge in [0.25, 0.3) is 5.56 Å². The minimum Gasteiger partial charge on any atom is -0.465 e. The molecule has 1 N–H and O–H groups in total. The van der Waals surface area contributed by atoms with Crippen molar-refractivity contribution in [3.63, 3.8) is 0 Å². The number of hydrogen-bond acceptors (Lipinski definition) is 6. The van der Waals surface area contributed by atoms with Gasteiger partial charge in [0, 0.05) is 0 Å². The van der Waals surface area contributed by atoms with Gasteiger partial charge in [0.2, 0.25) is 0 Å². The Kier molecular flexibility index (Phi) is 4.52. The van der Waals surface area contributed by atoms with Crippen molar-refractivity contribution in [1.29, 1.82) is 0 Å². The fraction of sp³-hybridized carbons (Fsp3) is 0.417. The van der Waals surface area contributed by atoms with E-state index in [1.54, 1.807) is 6.92 Å². The number of nitrogens with zero attached hydrogens (tertiary/aromatic N) is 1. The molecule has 0 aliphatic heterocycles. The molecule has 2 aromatic rings. The van der Waals surface area contributed by atoms with Crippen molar-refractivity contribution in [1.82, 2.24) is 9.97 Å². The largest absolute Gasteiger partial charge is 0.465 e. The molecular weight excluding hydrogens is 325 g/mol. The highest BCUT2D eigenvalue weighted by Gasteiger charge is 2.27. The minimum absolute atomic E-state index is 0.0422. The summed E-state index contributed by atoms with van der Waals surface area (Å²) in [4.78, 5) is 30.4. The molecule has 0 saturated heterocycles. The number of nitrogens with one attached hydrogen (secondary N) is 1. The number of H-pyrrole nitrogens is 1. The number of fused-ring (bicyclic) bond motifs is 1. The summed E-state index contributed by atoms with van der Waals surface area (Å²) < 4.78 is 45.1. The Labute approximate surface area is 125 Å². The number of alkyl halides is 3. The Morgan fingerprint density at radius 2 is 2.09 bits per heavy atom. The first-order valence-corrected chi connectivity index (χ1v) is 6.79. The number of aryl methyl sites for hydroxylation is 1. The van der Waals surface area contributed by atoms with Crippen molar-refractivity contribution in [2.75, 3.05) is 13.7 Å². The number of methoxy groups -OCH3 is 1. The van der Waals surface area contributed by atoms with Crippen LogP contribution in [0.1, 0.15) is 21.1 Å². The summed E-state index contributed by atoms with van der Waals surface area (Å²) in [7, 11) is 1.21. The van der Waals surface area contributed by atoms with Crippen molar-refractivity contribution >= 4 is 27.5 Å². The lowest BCUT2D eigenvalue weighted by Gasteiger charge is -2.06. The Hall–Kier alpha value is -1.94. The van der Waals surface area contributed by atoms with Gasteiger partial charge in [-0.1, -0.05) is 0 Å². The van der Waals surface area contributed by atoms with E-state index in [-0.39, 0.29) is 20.9 Å². The molecule has 2 heterocycles. The van der Waals surface area contributed by atoms with E-state index in [4.69, 9.17) is 0 Å². The van der Waals surface area contributed by atoms with Gasteiger partial charge in [0.1, 0.15) is 28.7 Å². The summed E-state index contributed by atoms with van der Waals surface area (Å²) in [6.45, 7) is -0.358. The number of esters is 1.